The molecule has 1 heterocycles. The summed E-state index contributed by atoms with van der Waals surface area (Å²) in [7, 11) is 0. The quantitative estimate of drug-likeness (QED) is 0.747. The van der Waals surface area contributed by atoms with E-state index in [0.717, 1.165) is 0 Å². The van der Waals surface area contributed by atoms with Crippen molar-refractivity contribution in [1.82, 2.24) is 4.98 Å². The van der Waals surface area contributed by atoms with Crippen molar-refractivity contribution in [3.63, 3.8) is 0 Å². The summed E-state index contributed by atoms with van der Waals surface area (Å²) in [5.41, 5.74) is 7.63. The molecule has 13 heavy (non-hydrogen) atoms. The van der Waals surface area contributed by atoms with Gasteiger partial charge in [0.25, 0.3) is 0 Å². The van der Waals surface area contributed by atoms with Crippen LogP contribution in [0.15, 0.2) is 24.5 Å². The summed E-state index contributed by atoms with van der Waals surface area (Å²) in [6, 6.07) is 4.17. The van der Waals surface area contributed by atoms with Crippen molar-refractivity contribution in [2.24, 2.45) is 5.73 Å². The maximum atomic E-state index is 6.19. The van der Waals surface area contributed by atoms with Crippen molar-refractivity contribution >= 4 is 0 Å². The molecule has 0 bridgehead atoms. The number of hydrogen-bond acceptors (Lipinski definition) is 2. The molecule has 0 amide bonds. The molecular formula is C11H16N2. The maximum Gasteiger partial charge on any atom is 0.0270 e. The van der Waals surface area contributed by atoms with E-state index in [1.165, 1.54) is 18.4 Å². The normalized spacial score (nSPS) is 19.9. The minimum Gasteiger partial charge on any atom is -0.325 e. The highest BCUT2D eigenvalue weighted by atomic mass is 14.8. The molecule has 2 rings (SSSR count). The Bertz CT molecular complexity index is 294. The van der Waals surface area contributed by atoms with E-state index >= 15 is 0 Å². The summed E-state index contributed by atoms with van der Waals surface area (Å²) in [6.07, 6.45) is 6.11. The van der Waals surface area contributed by atoms with Gasteiger partial charge in [0, 0.05) is 23.3 Å². The molecule has 1 saturated carbocycles. The van der Waals surface area contributed by atoms with E-state index in [1.54, 1.807) is 0 Å². The Hall–Kier alpha value is -0.890. The first-order chi connectivity index (χ1) is 6.06. The lowest BCUT2D eigenvalue weighted by atomic mass is 9.80. The van der Waals surface area contributed by atoms with Crippen LogP contribution in [-0.4, -0.2) is 10.5 Å². The van der Waals surface area contributed by atoms with Crippen LogP contribution in [0.5, 0.6) is 0 Å². The zero-order valence-corrected chi connectivity index (χ0v) is 8.25. The van der Waals surface area contributed by atoms with Gasteiger partial charge in [-0.05, 0) is 44.4 Å². The van der Waals surface area contributed by atoms with Crippen LogP contribution in [0, 0.1) is 0 Å². The molecule has 0 spiro atoms. The summed E-state index contributed by atoms with van der Waals surface area (Å²) >= 11 is 0. The summed E-state index contributed by atoms with van der Waals surface area (Å²) in [5, 5.41) is 0. The molecule has 2 heteroatoms. The van der Waals surface area contributed by atoms with E-state index in [0.29, 0.717) is 0 Å². The largest absolute Gasteiger partial charge is 0.325 e. The fourth-order valence-corrected chi connectivity index (χ4v) is 2.10. The molecular weight excluding hydrogens is 160 g/mol. The third-order valence-corrected chi connectivity index (χ3v) is 3.22. The third-order valence-electron chi connectivity index (χ3n) is 3.22. The summed E-state index contributed by atoms with van der Waals surface area (Å²) in [6.45, 7) is 4.22. The van der Waals surface area contributed by atoms with Crippen LogP contribution in [0.4, 0.5) is 0 Å². The van der Waals surface area contributed by atoms with E-state index in [2.05, 4.69) is 31.0 Å². The Kier molecular flexibility index (Phi) is 1.70. The van der Waals surface area contributed by atoms with Gasteiger partial charge in [-0.15, -0.1) is 0 Å². The van der Waals surface area contributed by atoms with Crippen LogP contribution in [-0.2, 0) is 5.41 Å². The lowest BCUT2D eigenvalue weighted by Gasteiger charge is -2.31. The zero-order chi connectivity index (χ0) is 9.53. The molecule has 1 aliphatic rings. The second-order valence-electron chi connectivity index (χ2n) is 4.54. The molecule has 1 aromatic rings. The maximum absolute atomic E-state index is 6.19. The Morgan fingerprint density at radius 2 is 1.85 bits per heavy atom. The summed E-state index contributed by atoms with van der Waals surface area (Å²) in [4.78, 5) is 4.03. The average molecular weight is 176 g/mol. The van der Waals surface area contributed by atoms with E-state index in [-0.39, 0.29) is 11.0 Å². The summed E-state index contributed by atoms with van der Waals surface area (Å²) < 4.78 is 0. The molecule has 2 N–H and O–H groups in total. The highest BCUT2D eigenvalue weighted by molar-refractivity contribution is 5.34. The number of nitrogens with zero attached hydrogens (tertiary/aromatic N) is 1. The first kappa shape index (κ1) is 8.70. The molecule has 1 fully saturated rings. The van der Waals surface area contributed by atoms with Crippen LogP contribution >= 0.6 is 0 Å². The van der Waals surface area contributed by atoms with Gasteiger partial charge >= 0.3 is 0 Å². The molecule has 1 aliphatic carbocycles. The van der Waals surface area contributed by atoms with Gasteiger partial charge in [0.05, 0.1) is 0 Å². The van der Waals surface area contributed by atoms with Crippen LogP contribution < -0.4 is 5.73 Å². The number of hydrogen-bond donors (Lipinski definition) is 1. The van der Waals surface area contributed by atoms with E-state index in [9.17, 15) is 0 Å². The Balaban J connectivity index is 2.37. The molecule has 0 aliphatic heterocycles. The molecule has 0 unspecified atom stereocenters. The predicted octanol–water partition coefficient (Wildman–Crippen LogP) is 1.85. The Morgan fingerprint density at radius 1 is 1.31 bits per heavy atom. The second kappa shape index (κ2) is 2.55. The van der Waals surface area contributed by atoms with E-state index < -0.39 is 0 Å². The van der Waals surface area contributed by atoms with E-state index in [4.69, 9.17) is 5.73 Å². The molecule has 70 valence electrons. The molecule has 0 saturated heterocycles. The van der Waals surface area contributed by atoms with Crippen molar-refractivity contribution in [2.75, 3.05) is 0 Å². The van der Waals surface area contributed by atoms with Crippen LogP contribution in [0.1, 0.15) is 32.3 Å². The fraction of sp³-hybridized carbons (Fsp3) is 0.545. The summed E-state index contributed by atoms with van der Waals surface area (Å²) in [5.74, 6) is 0. The van der Waals surface area contributed by atoms with Gasteiger partial charge in [0.15, 0.2) is 0 Å². The van der Waals surface area contributed by atoms with Gasteiger partial charge < -0.3 is 5.73 Å². The van der Waals surface area contributed by atoms with Crippen LogP contribution in [0.25, 0.3) is 0 Å². The lowest BCUT2D eigenvalue weighted by Crippen LogP contribution is -2.45. The second-order valence-corrected chi connectivity index (χ2v) is 4.54. The number of pyridine rings is 1. The standard InChI is InChI=1S/C11H16N2/c1-10(2,12)11(5-6-11)9-3-7-13-8-4-9/h3-4,7-8H,5-6,12H2,1-2H3. The SMILES string of the molecule is CC(C)(N)C1(c2ccncc2)CC1. The Labute approximate surface area is 79.2 Å². The molecule has 1 aromatic heterocycles. The van der Waals surface area contributed by atoms with Gasteiger partial charge in [-0.25, -0.2) is 0 Å². The third kappa shape index (κ3) is 1.25. The minimum atomic E-state index is -0.117. The van der Waals surface area contributed by atoms with Crippen LogP contribution in [0.2, 0.25) is 0 Å². The average Bonchev–Trinajstić information content (AvgIpc) is 2.84. The smallest absolute Gasteiger partial charge is 0.0270 e. The van der Waals surface area contributed by atoms with Crippen molar-refractivity contribution < 1.29 is 0 Å². The number of nitrogens with two attached hydrogens (primary N) is 1. The fourth-order valence-electron chi connectivity index (χ4n) is 2.10. The van der Waals surface area contributed by atoms with Gasteiger partial charge in [-0.3, -0.25) is 4.98 Å². The van der Waals surface area contributed by atoms with Gasteiger partial charge in [0.1, 0.15) is 0 Å². The van der Waals surface area contributed by atoms with Crippen molar-refractivity contribution in [1.29, 1.82) is 0 Å². The number of aromatic nitrogens is 1. The van der Waals surface area contributed by atoms with Crippen molar-refractivity contribution in [2.45, 2.75) is 37.6 Å². The zero-order valence-electron chi connectivity index (χ0n) is 8.25. The van der Waals surface area contributed by atoms with Gasteiger partial charge in [-0.1, -0.05) is 0 Å². The topological polar surface area (TPSA) is 38.9 Å². The molecule has 0 aromatic carbocycles. The minimum absolute atomic E-state index is 0.117. The monoisotopic (exact) mass is 176 g/mol. The first-order valence-electron chi connectivity index (χ1n) is 4.76. The molecule has 0 atom stereocenters. The van der Waals surface area contributed by atoms with Crippen molar-refractivity contribution in [3.05, 3.63) is 30.1 Å². The van der Waals surface area contributed by atoms with E-state index in [1.807, 2.05) is 12.4 Å². The lowest BCUT2D eigenvalue weighted by molar-refractivity contribution is 0.391. The highest BCUT2D eigenvalue weighted by Crippen LogP contribution is 2.54. The highest BCUT2D eigenvalue weighted by Gasteiger charge is 2.53. The molecule has 0 radical (unpaired) electrons. The van der Waals surface area contributed by atoms with Crippen LogP contribution in [0.3, 0.4) is 0 Å². The Morgan fingerprint density at radius 3 is 2.23 bits per heavy atom. The van der Waals surface area contributed by atoms with Gasteiger partial charge in [0.2, 0.25) is 0 Å². The van der Waals surface area contributed by atoms with Gasteiger partial charge in [-0.2, -0.15) is 0 Å². The predicted molar refractivity (Wildman–Crippen MR) is 53.4 cm³/mol. The molecule has 2 nitrogen and oxygen atoms in total. The van der Waals surface area contributed by atoms with Crippen molar-refractivity contribution in [3.8, 4) is 0 Å². The first-order valence-corrected chi connectivity index (χ1v) is 4.76. The number of rotatable bonds is 2.